The van der Waals surface area contributed by atoms with Crippen molar-refractivity contribution in [1.29, 1.82) is 0 Å². The van der Waals surface area contributed by atoms with Gasteiger partial charge in [0.25, 0.3) is 0 Å². The molecule has 1 nitrogen and oxygen atoms in total. The second-order valence-corrected chi connectivity index (χ2v) is 6.39. The van der Waals surface area contributed by atoms with Crippen LogP contribution < -0.4 is 5.73 Å². The first-order chi connectivity index (χ1) is 8.81. The van der Waals surface area contributed by atoms with Crippen molar-refractivity contribution in [2.24, 2.45) is 11.8 Å². The van der Waals surface area contributed by atoms with Crippen molar-refractivity contribution >= 4 is 5.69 Å². The summed E-state index contributed by atoms with van der Waals surface area (Å²) in [5.41, 5.74) is 10.1. The highest BCUT2D eigenvalue weighted by Gasteiger charge is 2.22. The molecule has 1 aromatic carbocycles. The van der Waals surface area contributed by atoms with Crippen LogP contribution in [0.15, 0.2) is 18.2 Å². The summed E-state index contributed by atoms with van der Waals surface area (Å²) >= 11 is 0. The summed E-state index contributed by atoms with van der Waals surface area (Å²) in [4.78, 5) is 0. The van der Waals surface area contributed by atoms with Crippen LogP contribution in [0, 0.1) is 11.8 Å². The predicted molar refractivity (Wildman–Crippen MR) is 77.6 cm³/mol. The maximum Gasteiger partial charge on any atom is 0.0349 e. The molecule has 0 atom stereocenters. The summed E-state index contributed by atoms with van der Waals surface area (Å²) in [5.74, 6) is 1.84. The minimum Gasteiger partial charge on any atom is -0.398 e. The van der Waals surface area contributed by atoms with Gasteiger partial charge in [-0.2, -0.15) is 0 Å². The van der Waals surface area contributed by atoms with Crippen LogP contribution in [0.25, 0.3) is 0 Å². The molecule has 98 valence electrons. The number of nitrogens with two attached hydrogens (primary N) is 1. The van der Waals surface area contributed by atoms with Crippen molar-refractivity contribution in [3.8, 4) is 0 Å². The molecule has 1 aromatic rings. The van der Waals surface area contributed by atoms with Gasteiger partial charge in [0.1, 0.15) is 0 Å². The molecular formula is C17H25N. The van der Waals surface area contributed by atoms with Gasteiger partial charge in [-0.25, -0.2) is 0 Å². The molecule has 2 saturated carbocycles. The first-order valence-electron chi connectivity index (χ1n) is 7.68. The maximum atomic E-state index is 6.23. The molecule has 0 unspecified atom stereocenters. The van der Waals surface area contributed by atoms with Gasteiger partial charge in [0.15, 0.2) is 0 Å². The number of rotatable bonds is 4. The Kier molecular flexibility index (Phi) is 3.58. The molecule has 0 aromatic heterocycles. The quantitative estimate of drug-likeness (QED) is 0.782. The predicted octanol–water partition coefficient (Wildman–Crippen LogP) is 4.34. The lowest BCUT2D eigenvalue weighted by molar-refractivity contribution is 0.357. The monoisotopic (exact) mass is 243 g/mol. The van der Waals surface area contributed by atoms with Crippen molar-refractivity contribution in [3.63, 3.8) is 0 Å². The van der Waals surface area contributed by atoms with Crippen LogP contribution >= 0.6 is 0 Å². The topological polar surface area (TPSA) is 26.0 Å². The van der Waals surface area contributed by atoms with E-state index >= 15 is 0 Å². The van der Waals surface area contributed by atoms with Crippen molar-refractivity contribution < 1.29 is 0 Å². The maximum absolute atomic E-state index is 6.23. The minimum absolute atomic E-state index is 0.885. The molecule has 2 aliphatic carbocycles. The Balaban J connectivity index is 1.63. The number of benzene rings is 1. The summed E-state index contributed by atoms with van der Waals surface area (Å²) in [6, 6.07) is 6.84. The molecule has 0 heterocycles. The van der Waals surface area contributed by atoms with Gasteiger partial charge < -0.3 is 5.73 Å². The number of hydrogen-bond acceptors (Lipinski definition) is 1. The van der Waals surface area contributed by atoms with E-state index in [1.807, 2.05) is 0 Å². The molecule has 3 rings (SSSR count). The Morgan fingerprint density at radius 3 is 2.28 bits per heavy atom. The third-order valence-corrected chi connectivity index (χ3v) is 4.66. The third-order valence-electron chi connectivity index (χ3n) is 4.66. The summed E-state index contributed by atoms with van der Waals surface area (Å²) in [6.45, 7) is 0. The van der Waals surface area contributed by atoms with Crippen LogP contribution in [-0.4, -0.2) is 0 Å². The Morgan fingerprint density at radius 2 is 1.61 bits per heavy atom. The highest BCUT2D eigenvalue weighted by atomic mass is 14.6. The van der Waals surface area contributed by atoms with E-state index in [1.54, 1.807) is 0 Å². The highest BCUT2D eigenvalue weighted by molar-refractivity contribution is 5.49. The average molecular weight is 243 g/mol. The van der Waals surface area contributed by atoms with Crippen LogP contribution in [0.2, 0.25) is 0 Å². The zero-order valence-corrected chi connectivity index (χ0v) is 11.3. The third kappa shape index (κ3) is 3.07. The SMILES string of the molecule is Nc1cc(CC2CC2)ccc1CC1CCCCC1. The van der Waals surface area contributed by atoms with E-state index in [2.05, 4.69) is 18.2 Å². The number of hydrogen-bond donors (Lipinski definition) is 1. The van der Waals surface area contributed by atoms with Crippen LogP contribution in [0.5, 0.6) is 0 Å². The molecule has 2 fully saturated rings. The molecule has 0 amide bonds. The van der Waals surface area contributed by atoms with Crippen LogP contribution in [-0.2, 0) is 12.8 Å². The zero-order valence-electron chi connectivity index (χ0n) is 11.3. The van der Waals surface area contributed by atoms with E-state index in [0.29, 0.717) is 0 Å². The first-order valence-corrected chi connectivity index (χ1v) is 7.68. The lowest BCUT2D eigenvalue weighted by Gasteiger charge is -2.22. The van der Waals surface area contributed by atoms with E-state index in [1.165, 1.54) is 68.9 Å². The molecule has 0 saturated heterocycles. The van der Waals surface area contributed by atoms with E-state index in [0.717, 1.165) is 17.5 Å². The van der Waals surface area contributed by atoms with E-state index in [-0.39, 0.29) is 0 Å². The fourth-order valence-electron chi connectivity index (χ4n) is 3.31. The van der Waals surface area contributed by atoms with Gasteiger partial charge in [-0.1, -0.05) is 44.2 Å². The summed E-state index contributed by atoms with van der Waals surface area (Å²) < 4.78 is 0. The van der Waals surface area contributed by atoms with Gasteiger partial charge in [0.2, 0.25) is 0 Å². The molecule has 2 N–H and O–H groups in total. The van der Waals surface area contributed by atoms with E-state index in [4.69, 9.17) is 5.73 Å². The Bertz CT molecular complexity index is 400. The Hall–Kier alpha value is -0.980. The second-order valence-electron chi connectivity index (χ2n) is 6.39. The smallest absolute Gasteiger partial charge is 0.0349 e. The first kappa shape index (κ1) is 12.1. The Morgan fingerprint density at radius 1 is 0.889 bits per heavy atom. The van der Waals surface area contributed by atoms with Crippen molar-refractivity contribution in [3.05, 3.63) is 29.3 Å². The molecule has 2 aliphatic rings. The average Bonchev–Trinajstić information content (AvgIpc) is 3.18. The highest BCUT2D eigenvalue weighted by Crippen LogP contribution is 2.34. The van der Waals surface area contributed by atoms with E-state index < -0.39 is 0 Å². The van der Waals surface area contributed by atoms with Crippen molar-refractivity contribution in [1.82, 2.24) is 0 Å². The Labute approximate surface area is 111 Å². The second kappa shape index (κ2) is 5.34. The molecule has 0 aliphatic heterocycles. The number of nitrogen functional groups attached to an aromatic ring is 1. The molecule has 18 heavy (non-hydrogen) atoms. The zero-order chi connectivity index (χ0) is 12.4. The van der Waals surface area contributed by atoms with Gasteiger partial charge in [-0.05, 0) is 54.7 Å². The molecule has 1 heteroatoms. The van der Waals surface area contributed by atoms with Gasteiger partial charge >= 0.3 is 0 Å². The van der Waals surface area contributed by atoms with Gasteiger partial charge in [-0.15, -0.1) is 0 Å². The molecule has 0 bridgehead atoms. The van der Waals surface area contributed by atoms with Crippen LogP contribution in [0.4, 0.5) is 5.69 Å². The molecule has 0 spiro atoms. The summed E-state index contributed by atoms with van der Waals surface area (Å²) in [7, 11) is 0. The van der Waals surface area contributed by atoms with Crippen molar-refractivity contribution in [2.45, 2.75) is 57.8 Å². The minimum atomic E-state index is 0.885. The van der Waals surface area contributed by atoms with Crippen LogP contribution in [0.1, 0.15) is 56.1 Å². The largest absolute Gasteiger partial charge is 0.398 e. The van der Waals surface area contributed by atoms with Crippen LogP contribution in [0.3, 0.4) is 0 Å². The summed E-state index contributed by atoms with van der Waals surface area (Å²) in [5, 5.41) is 0. The van der Waals surface area contributed by atoms with Crippen molar-refractivity contribution in [2.75, 3.05) is 5.73 Å². The number of anilines is 1. The normalized spacial score (nSPS) is 21.1. The lowest BCUT2D eigenvalue weighted by atomic mass is 9.84. The fraction of sp³-hybridized carbons (Fsp3) is 0.647. The van der Waals surface area contributed by atoms with Gasteiger partial charge in [0, 0.05) is 5.69 Å². The lowest BCUT2D eigenvalue weighted by Crippen LogP contribution is -2.10. The standard InChI is InChI=1S/C17H25N/c18-17-12-15(10-14-6-7-14)8-9-16(17)11-13-4-2-1-3-5-13/h8-9,12-14H,1-7,10-11,18H2. The fourth-order valence-corrected chi connectivity index (χ4v) is 3.31. The summed E-state index contributed by atoms with van der Waals surface area (Å²) in [6.07, 6.45) is 12.4. The molecular weight excluding hydrogens is 218 g/mol. The van der Waals surface area contributed by atoms with E-state index in [9.17, 15) is 0 Å². The molecule has 0 radical (unpaired) electrons. The van der Waals surface area contributed by atoms with Gasteiger partial charge in [0.05, 0.1) is 0 Å². The van der Waals surface area contributed by atoms with Gasteiger partial charge in [-0.3, -0.25) is 0 Å².